The first-order valence-corrected chi connectivity index (χ1v) is 10.2. The van der Waals surface area contributed by atoms with Crippen LogP contribution in [0.1, 0.15) is 57.9 Å². The van der Waals surface area contributed by atoms with Crippen LogP contribution in [-0.4, -0.2) is 26.6 Å². The first kappa shape index (κ1) is 20.8. The van der Waals surface area contributed by atoms with E-state index in [2.05, 4.69) is 24.3 Å². The number of aryl methyl sites for hydroxylation is 1. The molecule has 31 heavy (non-hydrogen) atoms. The molecule has 0 atom stereocenters. The minimum atomic E-state index is -0.545. The van der Waals surface area contributed by atoms with Crippen LogP contribution in [0.5, 0.6) is 0 Å². The van der Waals surface area contributed by atoms with Gasteiger partial charge in [0.1, 0.15) is 0 Å². The summed E-state index contributed by atoms with van der Waals surface area (Å²) >= 11 is 0. The number of rotatable bonds is 5. The molecule has 0 radical (unpaired) electrons. The van der Waals surface area contributed by atoms with E-state index in [0.717, 1.165) is 29.1 Å². The van der Waals surface area contributed by atoms with Gasteiger partial charge in [0.25, 0.3) is 5.91 Å². The number of hydrogen-bond donors (Lipinski definition) is 3. The molecule has 1 heterocycles. The number of Topliss-reactive ketones (excluding diaryl/α,β-unsaturated/α-hetero) is 1. The second kappa shape index (κ2) is 7.67. The topological polar surface area (TPSA) is 110 Å². The molecule has 0 saturated heterocycles. The Hall–Kier alpha value is -3.45. The smallest absolute Gasteiger partial charge is 0.250 e. The summed E-state index contributed by atoms with van der Waals surface area (Å²) in [6, 6.07) is 12.5. The molecule has 0 fully saturated rings. The van der Waals surface area contributed by atoms with Gasteiger partial charge in [0, 0.05) is 12.1 Å². The first-order chi connectivity index (χ1) is 14.7. The number of carbonyl (C=O) groups excluding carboxylic acids is 2. The highest BCUT2D eigenvalue weighted by Crippen LogP contribution is 2.37. The highest BCUT2D eigenvalue weighted by molar-refractivity contribution is 6.01. The summed E-state index contributed by atoms with van der Waals surface area (Å²) < 4.78 is 1.80. The highest BCUT2D eigenvalue weighted by Gasteiger charge is 2.35. The summed E-state index contributed by atoms with van der Waals surface area (Å²) in [7, 11) is 0. The molecule has 1 aliphatic carbocycles. The molecule has 0 unspecified atom stereocenters. The van der Waals surface area contributed by atoms with Crippen LogP contribution in [-0.2, 0) is 13.0 Å². The quantitative estimate of drug-likeness (QED) is 0.586. The Morgan fingerprint density at radius 1 is 1.19 bits per heavy atom. The Balaban J connectivity index is 1.79. The predicted octanol–water partition coefficient (Wildman–Crippen LogP) is 3.67. The minimum absolute atomic E-state index is 0.0405. The average molecular weight is 418 g/mol. The number of fused-ring (bicyclic) bond motifs is 1. The fourth-order valence-corrected chi connectivity index (χ4v) is 4.18. The number of aliphatic hydroxyl groups is 1. The van der Waals surface area contributed by atoms with Crippen LogP contribution in [0.3, 0.4) is 0 Å². The second-order valence-corrected chi connectivity index (χ2v) is 8.83. The lowest BCUT2D eigenvalue weighted by Crippen LogP contribution is -2.28. The van der Waals surface area contributed by atoms with Crippen molar-refractivity contribution >= 4 is 23.1 Å². The number of benzene rings is 2. The number of ketones is 1. The maximum Gasteiger partial charge on any atom is 0.250 e. The van der Waals surface area contributed by atoms with E-state index >= 15 is 0 Å². The van der Waals surface area contributed by atoms with Gasteiger partial charge in [0.05, 0.1) is 40.5 Å². The summed E-state index contributed by atoms with van der Waals surface area (Å²) in [4.78, 5) is 24.7. The zero-order valence-corrected chi connectivity index (χ0v) is 17.9. The molecule has 4 rings (SSSR count). The molecule has 1 amide bonds. The van der Waals surface area contributed by atoms with Crippen molar-refractivity contribution in [2.45, 2.75) is 40.2 Å². The molecule has 1 aromatic heterocycles. The van der Waals surface area contributed by atoms with E-state index in [0.29, 0.717) is 28.9 Å². The SMILES string of the molecule is Cc1nn(-c2ccc(C(N)=O)c(Nc3ccc(CO)cc3)c2)c2c1C(=O)CC(C)(C)C2. The van der Waals surface area contributed by atoms with E-state index in [4.69, 9.17) is 5.73 Å². The summed E-state index contributed by atoms with van der Waals surface area (Å²) in [6.45, 7) is 5.98. The van der Waals surface area contributed by atoms with Crippen LogP contribution < -0.4 is 11.1 Å². The van der Waals surface area contributed by atoms with Gasteiger partial charge in [-0.15, -0.1) is 0 Å². The number of nitrogens with two attached hydrogens (primary N) is 1. The van der Waals surface area contributed by atoms with Crippen molar-refractivity contribution in [3.63, 3.8) is 0 Å². The van der Waals surface area contributed by atoms with Crippen molar-refractivity contribution in [3.8, 4) is 5.69 Å². The molecule has 1 aliphatic rings. The van der Waals surface area contributed by atoms with Crippen LogP contribution in [0.4, 0.5) is 11.4 Å². The number of nitrogens with one attached hydrogen (secondary N) is 1. The maximum atomic E-state index is 12.7. The third-order valence-electron chi connectivity index (χ3n) is 5.65. The Morgan fingerprint density at radius 2 is 1.90 bits per heavy atom. The molecule has 7 heteroatoms. The number of carbonyl (C=O) groups is 2. The lowest BCUT2D eigenvalue weighted by molar-refractivity contribution is 0.0909. The van der Waals surface area contributed by atoms with Crippen molar-refractivity contribution in [3.05, 3.63) is 70.5 Å². The van der Waals surface area contributed by atoms with Gasteiger partial charge in [0.2, 0.25) is 0 Å². The lowest BCUT2D eigenvalue weighted by Gasteiger charge is -2.29. The van der Waals surface area contributed by atoms with Gasteiger partial charge in [-0.05, 0) is 54.7 Å². The zero-order chi connectivity index (χ0) is 22.3. The number of aliphatic hydroxyl groups excluding tert-OH is 1. The Bertz CT molecular complexity index is 1180. The summed E-state index contributed by atoms with van der Waals surface area (Å²) in [5.41, 5.74) is 10.9. The molecule has 160 valence electrons. The zero-order valence-electron chi connectivity index (χ0n) is 17.9. The van der Waals surface area contributed by atoms with Crippen LogP contribution in [0.15, 0.2) is 42.5 Å². The molecule has 3 aromatic rings. The van der Waals surface area contributed by atoms with E-state index in [1.54, 1.807) is 28.9 Å². The Morgan fingerprint density at radius 3 is 2.55 bits per heavy atom. The number of hydrogen-bond acceptors (Lipinski definition) is 5. The number of aromatic nitrogens is 2. The molecule has 0 saturated carbocycles. The molecular formula is C24H26N4O3. The van der Waals surface area contributed by atoms with Gasteiger partial charge < -0.3 is 16.2 Å². The number of anilines is 2. The third kappa shape index (κ3) is 3.96. The second-order valence-electron chi connectivity index (χ2n) is 8.83. The summed E-state index contributed by atoms with van der Waals surface area (Å²) in [5.74, 6) is -0.429. The molecule has 2 aromatic carbocycles. The minimum Gasteiger partial charge on any atom is -0.392 e. The number of primary amides is 1. The monoisotopic (exact) mass is 418 g/mol. The standard InChI is InChI=1S/C24H26N4O3/c1-14-22-20(11-24(2,3)12-21(22)30)28(27-14)17-8-9-18(23(25)31)19(10-17)26-16-6-4-15(13-29)5-7-16/h4-10,26,29H,11-13H2,1-3H3,(H2,25,31). The van der Waals surface area contributed by atoms with Crippen molar-refractivity contribution in [1.82, 2.24) is 9.78 Å². The van der Waals surface area contributed by atoms with Crippen molar-refractivity contribution in [1.29, 1.82) is 0 Å². The van der Waals surface area contributed by atoms with Crippen molar-refractivity contribution < 1.29 is 14.7 Å². The van der Waals surface area contributed by atoms with Gasteiger partial charge in [-0.2, -0.15) is 5.10 Å². The van der Waals surface area contributed by atoms with Crippen LogP contribution in [0.2, 0.25) is 0 Å². The fraction of sp³-hybridized carbons (Fsp3) is 0.292. The van der Waals surface area contributed by atoms with Gasteiger partial charge in [-0.1, -0.05) is 26.0 Å². The lowest BCUT2D eigenvalue weighted by atomic mass is 9.75. The summed E-state index contributed by atoms with van der Waals surface area (Å²) in [5, 5.41) is 17.1. The van der Waals surface area contributed by atoms with Crippen LogP contribution >= 0.6 is 0 Å². The average Bonchev–Trinajstić information content (AvgIpc) is 3.03. The van der Waals surface area contributed by atoms with E-state index in [1.807, 2.05) is 25.1 Å². The first-order valence-electron chi connectivity index (χ1n) is 10.2. The van der Waals surface area contributed by atoms with E-state index in [9.17, 15) is 14.7 Å². The van der Waals surface area contributed by atoms with Crippen LogP contribution in [0, 0.1) is 12.3 Å². The predicted molar refractivity (Wildman–Crippen MR) is 119 cm³/mol. The fourth-order valence-electron chi connectivity index (χ4n) is 4.18. The van der Waals surface area contributed by atoms with Crippen molar-refractivity contribution in [2.24, 2.45) is 11.1 Å². The van der Waals surface area contributed by atoms with Gasteiger partial charge in [-0.3, -0.25) is 9.59 Å². The molecule has 0 bridgehead atoms. The number of nitrogens with zero attached hydrogens (tertiary/aromatic N) is 2. The Kier molecular flexibility index (Phi) is 5.15. The molecule has 4 N–H and O–H groups in total. The van der Waals surface area contributed by atoms with Gasteiger partial charge in [-0.25, -0.2) is 4.68 Å². The van der Waals surface area contributed by atoms with E-state index in [1.165, 1.54) is 0 Å². The van der Waals surface area contributed by atoms with E-state index in [-0.39, 0.29) is 17.8 Å². The number of amides is 1. The normalized spacial score (nSPS) is 14.9. The van der Waals surface area contributed by atoms with Crippen LogP contribution in [0.25, 0.3) is 5.69 Å². The van der Waals surface area contributed by atoms with Gasteiger partial charge in [0.15, 0.2) is 5.78 Å². The molecule has 0 aliphatic heterocycles. The highest BCUT2D eigenvalue weighted by atomic mass is 16.3. The maximum absolute atomic E-state index is 12.7. The van der Waals surface area contributed by atoms with E-state index < -0.39 is 5.91 Å². The molecule has 7 nitrogen and oxygen atoms in total. The molecule has 0 spiro atoms. The Labute approximate surface area is 180 Å². The van der Waals surface area contributed by atoms with Crippen molar-refractivity contribution in [2.75, 3.05) is 5.32 Å². The summed E-state index contributed by atoms with van der Waals surface area (Å²) in [6.07, 6.45) is 1.24. The molecular weight excluding hydrogens is 392 g/mol. The van der Waals surface area contributed by atoms with Gasteiger partial charge >= 0.3 is 0 Å². The third-order valence-corrected chi connectivity index (χ3v) is 5.65. The largest absolute Gasteiger partial charge is 0.392 e.